The standard InChI is InChI=1S/C6H10N2O4S/c1-4(2)12-6(9)5(8-7)13(3,10)11/h4H,1-3H3. The summed E-state index contributed by atoms with van der Waals surface area (Å²) >= 11 is 0. The summed E-state index contributed by atoms with van der Waals surface area (Å²) in [6.07, 6.45) is 0.287. The van der Waals surface area contributed by atoms with E-state index < -0.39 is 27.0 Å². The molecule has 0 N–H and O–H groups in total. The Balaban J connectivity index is 4.87. The van der Waals surface area contributed by atoms with Crippen LogP contribution in [0.1, 0.15) is 13.8 Å². The van der Waals surface area contributed by atoms with Crippen LogP contribution < -0.4 is 0 Å². The summed E-state index contributed by atoms with van der Waals surface area (Å²) in [6.45, 7) is 3.10. The predicted octanol–water partition coefficient (Wildman–Crippen LogP) is -0.389. The second kappa shape index (κ2) is 4.15. The van der Waals surface area contributed by atoms with E-state index in [4.69, 9.17) is 5.53 Å². The van der Waals surface area contributed by atoms with E-state index in [-0.39, 0.29) is 0 Å². The third kappa shape index (κ3) is 3.82. The lowest BCUT2D eigenvalue weighted by molar-refractivity contribution is -0.142. The van der Waals surface area contributed by atoms with E-state index in [0.717, 1.165) is 6.26 Å². The maximum Gasteiger partial charge on any atom is 0.488 e. The second-order valence-corrected chi connectivity index (χ2v) is 4.56. The number of carbonyl (C=O) groups is 1. The summed E-state index contributed by atoms with van der Waals surface area (Å²) in [7, 11) is -3.83. The molecule has 6 nitrogen and oxygen atoms in total. The van der Waals surface area contributed by atoms with E-state index in [2.05, 4.69) is 9.53 Å². The fourth-order valence-corrected chi connectivity index (χ4v) is 1.03. The number of rotatable bonds is 1. The molecule has 0 fully saturated rings. The largest absolute Gasteiger partial charge is 0.488 e. The van der Waals surface area contributed by atoms with E-state index in [1.54, 1.807) is 13.8 Å². The smallest absolute Gasteiger partial charge is 0.454 e. The molecule has 0 atom stereocenters. The van der Waals surface area contributed by atoms with Crippen LogP contribution in [0, 0.1) is 0 Å². The minimum absolute atomic E-state index is 0.467. The SMILES string of the molecule is CC(C)OC(=O)C(=[N+]=[N-])S(C)(=O)=O. The van der Waals surface area contributed by atoms with E-state index >= 15 is 0 Å². The minimum Gasteiger partial charge on any atom is -0.454 e. The summed E-state index contributed by atoms with van der Waals surface area (Å²) in [5.74, 6) is -1.15. The molecule has 7 heteroatoms. The lowest BCUT2D eigenvalue weighted by Crippen LogP contribution is -2.28. The van der Waals surface area contributed by atoms with Crippen molar-refractivity contribution in [1.29, 1.82) is 0 Å². The van der Waals surface area contributed by atoms with Gasteiger partial charge in [-0.2, -0.15) is 0 Å². The fraction of sp³-hybridized carbons (Fsp3) is 0.667. The first-order chi connectivity index (χ1) is 5.79. The van der Waals surface area contributed by atoms with Crippen LogP contribution >= 0.6 is 0 Å². The molecular weight excluding hydrogens is 196 g/mol. The van der Waals surface area contributed by atoms with Crippen molar-refractivity contribution in [2.24, 2.45) is 0 Å². The molecule has 0 unspecified atom stereocenters. The second-order valence-electron chi connectivity index (χ2n) is 2.63. The molecule has 0 radical (unpaired) electrons. The van der Waals surface area contributed by atoms with Crippen LogP contribution in [0.25, 0.3) is 5.53 Å². The van der Waals surface area contributed by atoms with Gasteiger partial charge >= 0.3 is 11.0 Å². The predicted molar refractivity (Wildman–Crippen MR) is 44.7 cm³/mol. The first kappa shape index (κ1) is 11.8. The molecule has 0 aromatic rings. The van der Waals surface area contributed by atoms with Gasteiger partial charge in [0.25, 0.3) is 9.84 Å². The van der Waals surface area contributed by atoms with Gasteiger partial charge in [-0.25, -0.2) is 13.2 Å². The highest BCUT2D eigenvalue weighted by molar-refractivity contribution is 8.07. The van der Waals surface area contributed by atoms with Gasteiger partial charge in [0.15, 0.2) is 0 Å². The van der Waals surface area contributed by atoms with Crippen molar-refractivity contribution in [3.63, 3.8) is 0 Å². The Morgan fingerprint density at radius 1 is 1.46 bits per heavy atom. The zero-order chi connectivity index (χ0) is 10.6. The lowest BCUT2D eigenvalue weighted by Gasteiger charge is -2.02. The zero-order valence-electron chi connectivity index (χ0n) is 7.51. The summed E-state index contributed by atoms with van der Waals surface area (Å²) < 4.78 is 26.1. The maximum absolute atomic E-state index is 10.9. The molecule has 13 heavy (non-hydrogen) atoms. The Labute approximate surface area is 76.0 Å². The zero-order valence-corrected chi connectivity index (χ0v) is 8.33. The van der Waals surface area contributed by atoms with Crippen LogP contribution in [0.3, 0.4) is 0 Å². The number of hydrogen-bond acceptors (Lipinski definition) is 4. The van der Waals surface area contributed by atoms with E-state index in [1.807, 2.05) is 0 Å². The highest BCUT2D eigenvalue weighted by Gasteiger charge is 2.34. The molecule has 0 aliphatic heterocycles. The Morgan fingerprint density at radius 3 is 2.15 bits per heavy atom. The van der Waals surface area contributed by atoms with Crippen LogP contribution in [0.4, 0.5) is 0 Å². The van der Waals surface area contributed by atoms with Crippen molar-refractivity contribution >= 4 is 20.9 Å². The van der Waals surface area contributed by atoms with Gasteiger partial charge in [-0.3, -0.25) is 0 Å². The van der Waals surface area contributed by atoms with Crippen molar-refractivity contribution in [2.45, 2.75) is 20.0 Å². The van der Waals surface area contributed by atoms with Crippen LogP contribution in [0.2, 0.25) is 0 Å². The highest BCUT2D eigenvalue weighted by Crippen LogP contribution is 1.94. The summed E-state index contributed by atoms with van der Waals surface area (Å²) in [4.78, 5) is 13.3. The third-order valence-corrected chi connectivity index (χ3v) is 1.91. The highest BCUT2D eigenvalue weighted by atomic mass is 32.2. The van der Waals surface area contributed by atoms with Crippen LogP contribution in [0.5, 0.6) is 0 Å². The molecule has 0 aromatic carbocycles. The first-order valence-corrected chi connectivity index (χ1v) is 5.31. The molecular formula is C6H10N2O4S. The molecule has 0 rings (SSSR count). The Kier molecular flexibility index (Phi) is 3.77. The average molecular weight is 206 g/mol. The van der Waals surface area contributed by atoms with Gasteiger partial charge in [0.1, 0.15) is 0 Å². The Morgan fingerprint density at radius 2 is 1.92 bits per heavy atom. The van der Waals surface area contributed by atoms with Gasteiger partial charge in [0.2, 0.25) is 0 Å². The van der Waals surface area contributed by atoms with Crippen molar-refractivity contribution in [1.82, 2.24) is 0 Å². The van der Waals surface area contributed by atoms with E-state index in [9.17, 15) is 13.2 Å². The molecule has 0 saturated heterocycles. The van der Waals surface area contributed by atoms with Gasteiger partial charge in [-0.1, -0.05) is 0 Å². The van der Waals surface area contributed by atoms with Gasteiger partial charge in [-0.05, 0) is 13.8 Å². The minimum atomic E-state index is -3.83. The lowest BCUT2D eigenvalue weighted by atomic mass is 10.5. The topological polar surface area (TPSA) is 96.8 Å². The molecule has 74 valence electrons. The number of nitrogens with zero attached hydrogens (tertiary/aromatic N) is 2. The van der Waals surface area contributed by atoms with Crippen molar-refractivity contribution in [3.8, 4) is 0 Å². The van der Waals surface area contributed by atoms with Gasteiger partial charge < -0.3 is 10.3 Å². The number of carbonyl (C=O) groups excluding carboxylic acids is 1. The third-order valence-electron chi connectivity index (χ3n) is 0.959. The molecule has 0 bridgehead atoms. The Bertz CT molecular complexity index is 351. The number of esters is 1. The Hall–Kier alpha value is -1.20. The summed E-state index contributed by atoms with van der Waals surface area (Å²) in [6, 6.07) is 0. The molecule has 0 heterocycles. The van der Waals surface area contributed by atoms with Gasteiger partial charge in [-0.15, -0.1) is 4.79 Å². The number of sulfone groups is 1. The van der Waals surface area contributed by atoms with Crippen molar-refractivity contribution in [3.05, 3.63) is 5.53 Å². The number of hydrogen-bond donors (Lipinski definition) is 0. The normalized spacial score (nSPS) is 10.8. The summed E-state index contributed by atoms with van der Waals surface area (Å²) in [5, 5.41) is -0.985. The maximum atomic E-state index is 10.9. The summed E-state index contributed by atoms with van der Waals surface area (Å²) in [5.41, 5.74) is 8.25. The van der Waals surface area contributed by atoms with Crippen molar-refractivity contribution in [2.75, 3.05) is 6.26 Å². The first-order valence-electron chi connectivity index (χ1n) is 3.42. The molecule has 0 spiro atoms. The average Bonchev–Trinajstić information content (AvgIpc) is 1.82. The van der Waals surface area contributed by atoms with E-state index in [0.29, 0.717) is 0 Å². The van der Waals surface area contributed by atoms with Crippen LogP contribution in [0.15, 0.2) is 0 Å². The molecule has 0 aliphatic carbocycles. The quantitative estimate of drug-likeness (QED) is 0.192. The molecule has 0 amide bonds. The number of ether oxygens (including phenoxy) is 1. The van der Waals surface area contributed by atoms with Crippen LogP contribution in [-0.4, -0.2) is 36.6 Å². The molecule has 0 aromatic heterocycles. The van der Waals surface area contributed by atoms with Gasteiger partial charge in [0, 0.05) is 0 Å². The van der Waals surface area contributed by atoms with Crippen LogP contribution in [-0.2, 0) is 19.4 Å². The van der Waals surface area contributed by atoms with Crippen molar-refractivity contribution < 1.29 is 22.7 Å². The monoisotopic (exact) mass is 206 g/mol. The molecule has 0 saturated carbocycles. The fourth-order valence-electron chi connectivity index (χ4n) is 0.531. The van der Waals surface area contributed by atoms with Gasteiger partial charge in [0.05, 0.1) is 12.4 Å². The van der Waals surface area contributed by atoms with E-state index in [1.165, 1.54) is 0 Å². The molecule has 0 aliphatic rings.